The van der Waals surface area contributed by atoms with Crippen LogP contribution in [0.4, 0.5) is 5.82 Å². The van der Waals surface area contributed by atoms with Crippen molar-refractivity contribution in [3.05, 3.63) is 51.8 Å². The molecular weight excluding hydrogens is 454 g/mol. The van der Waals surface area contributed by atoms with Gasteiger partial charge in [-0.15, -0.1) is 0 Å². The average molecular weight is 476 g/mol. The fourth-order valence-corrected chi connectivity index (χ4v) is 5.72. The lowest BCUT2D eigenvalue weighted by Crippen LogP contribution is -2.20. The van der Waals surface area contributed by atoms with E-state index in [0.29, 0.717) is 6.54 Å². The van der Waals surface area contributed by atoms with Crippen LogP contribution in [-0.2, 0) is 28.4 Å². The van der Waals surface area contributed by atoms with Gasteiger partial charge in [0.25, 0.3) is 0 Å². The summed E-state index contributed by atoms with van der Waals surface area (Å²) in [7, 11) is -3.68. The van der Waals surface area contributed by atoms with Gasteiger partial charge in [-0.25, -0.2) is 18.5 Å². The fourth-order valence-electron chi connectivity index (χ4n) is 4.86. The van der Waals surface area contributed by atoms with E-state index in [1.165, 1.54) is 49.1 Å². The summed E-state index contributed by atoms with van der Waals surface area (Å²) in [6, 6.07) is 6.64. The van der Waals surface area contributed by atoms with Gasteiger partial charge in [0, 0.05) is 17.5 Å². The van der Waals surface area contributed by atoms with Crippen molar-refractivity contribution in [3.8, 4) is 0 Å². The highest BCUT2D eigenvalue weighted by atomic mass is 79.9. The van der Waals surface area contributed by atoms with Crippen molar-refractivity contribution in [2.24, 2.45) is 5.14 Å². The normalized spacial score (nSPS) is 17.9. The van der Waals surface area contributed by atoms with Gasteiger partial charge >= 0.3 is 0 Å². The van der Waals surface area contributed by atoms with E-state index in [4.69, 9.17) is 10.1 Å². The second-order valence-electron chi connectivity index (χ2n) is 8.05. The minimum Gasteiger partial charge on any atom is -0.366 e. The first-order valence-electron chi connectivity index (χ1n) is 9.80. The molecule has 0 bridgehead atoms. The second kappa shape index (κ2) is 6.78. The average Bonchev–Trinajstić information content (AvgIpc) is 3.41. The molecule has 9 heteroatoms. The molecule has 2 heterocycles. The smallest absolute Gasteiger partial charge is 0.238 e. The first-order valence-corrected chi connectivity index (χ1v) is 12.1. The molecule has 152 valence electrons. The first kappa shape index (κ1) is 19.0. The molecule has 0 unspecified atom stereocenters. The molecule has 0 aliphatic heterocycles. The number of rotatable bonds is 4. The highest BCUT2D eigenvalue weighted by Gasteiger charge is 2.44. The lowest BCUT2D eigenvalue weighted by atomic mass is 9.83. The summed E-state index contributed by atoms with van der Waals surface area (Å²) in [5.74, 6) is 0.981. The number of anilines is 1. The quantitative estimate of drug-likeness (QED) is 0.600. The standard InChI is InChI=1S/C20H22BrN5O2S/c21-16-12-24-26-18(23-11-13-3-5-14(6-4-13)29(22,27)28)15-7-10-20(8-1-2-9-20)17(15)25-19(16)26/h3-6,12,23H,1-2,7-11H2,(H2,22,27,28). The van der Waals surface area contributed by atoms with E-state index in [1.54, 1.807) is 18.3 Å². The number of benzene rings is 1. The molecule has 5 rings (SSSR count). The van der Waals surface area contributed by atoms with Gasteiger partial charge in [-0.05, 0) is 59.3 Å². The summed E-state index contributed by atoms with van der Waals surface area (Å²) in [4.78, 5) is 5.16. The summed E-state index contributed by atoms with van der Waals surface area (Å²) >= 11 is 3.59. The molecule has 2 aliphatic carbocycles. The number of fused-ring (bicyclic) bond motifs is 3. The lowest BCUT2D eigenvalue weighted by Gasteiger charge is -2.23. The van der Waals surface area contributed by atoms with Crippen molar-refractivity contribution in [1.82, 2.24) is 14.6 Å². The van der Waals surface area contributed by atoms with Crippen LogP contribution in [0.25, 0.3) is 5.65 Å². The monoisotopic (exact) mass is 475 g/mol. The predicted octanol–water partition coefficient (Wildman–Crippen LogP) is 3.51. The molecule has 1 saturated carbocycles. The molecule has 0 saturated heterocycles. The third-order valence-corrected chi connectivity index (χ3v) is 7.82. The largest absolute Gasteiger partial charge is 0.366 e. The Bertz CT molecular complexity index is 1200. The van der Waals surface area contributed by atoms with Gasteiger partial charge in [-0.3, -0.25) is 0 Å². The summed E-state index contributed by atoms with van der Waals surface area (Å²) in [5.41, 5.74) is 4.51. The highest BCUT2D eigenvalue weighted by molar-refractivity contribution is 9.10. The molecule has 29 heavy (non-hydrogen) atoms. The maximum absolute atomic E-state index is 11.5. The fraction of sp³-hybridized carbons (Fsp3) is 0.400. The van der Waals surface area contributed by atoms with Gasteiger partial charge in [0.2, 0.25) is 10.0 Å². The maximum atomic E-state index is 11.5. The number of nitrogens with two attached hydrogens (primary N) is 1. The zero-order valence-corrected chi connectivity index (χ0v) is 18.3. The van der Waals surface area contributed by atoms with E-state index in [-0.39, 0.29) is 10.3 Å². The van der Waals surface area contributed by atoms with Crippen LogP contribution in [0.1, 0.15) is 48.9 Å². The van der Waals surface area contributed by atoms with E-state index in [2.05, 4.69) is 26.3 Å². The van der Waals surface area contributed by atoms with E-state index in [9.17, 15) is 8.42 Å². The Balaban J connectivity index is 1.52. The van der Waals surface area contributed by atoms with E-state index < -0.39 is 10.0 Å². The highest BCUT2D eigenvalue weighted by Crippen LogP contribution is 2.51. The molecule has 1 spiro atoms. The Morgan fingerprint density at radius 2 is 1.90 bits per heavy atom. The second-order valence-corrected chi connectivity index (χ2v) is 10.5. The molecule has 0 atom stereocenters. The van der Waals surface area contributed by atoms with Crippen LogP contribution in [0.15, 0.2) is 39.8 Å². The first-order chi connectivity index (χ1) is 13.9. The molecule has 3 aromatic rings. The van der Waals surface area contributed by atoms with Gasteiger partial charge in [0.05, 0.1) is 21.3 Å². The van der Waals surface area contributed by atoms with Crippen LogP contribution in [0.2, 0.25) is 0 Å². The van der Waals surface area contributed by atoms with Crippen molar-refractivity contribution >= 4 is 37.4 Å². The number of nitrogens with one attached hydrogen (secondary N) is 1. The van der Waals surface area contributed by atoms with Crippen LogP contribution in [0, 0.1) is 0 Å². The van der Waals surface area contributed by atoms with E-state index >= 15 is 0 Å². The molecule has 0 amide bonds. The number of sulfonamides is 1. The summed E-state index contributed by atoms with van der Waals surface area (Å²) < 4.78 is 25.7. The van der Waals surface area contributed by atoms with Gasteiger partial charge in [-0.1, -0.05) is 25.0 Å². The molecule has 2 aromatic heterocycles. The predicted molar refractivity (Wildman–Crippen MR) is 114 cm³/mol. The van der Waals surface area contributed by atoms with Gasteiger partial charge in [-0.2, -0.15) is 9.61 Å². The number of hydrogen-bond donors (Lipinski definition) is 2. The van der Waals surface area contributed by atoms with Crippen LogP contribution in [0.3, 0.4) is 0 Å². The lowest BCUT2D eigenvalue weighted by molar-refractivity contribution is 0.429. The number of aromatic nitrogens is 3. The summed E-state index contributed by atoms with van der Waals surface area (Å²) in [5, 5.41) is 13.2. The van der Waals surface area contributed by atoms with Crippen molar-refractivity contribution < 1.29 is 8.42 Å². The minimum atomic E-state index is -3.68. The van der Waals surface area contributed by atoms with Crippen molar-refractivity contribution in [2.75, 3.05) is 5.32 Å². The third kappa shape index (κ3) is 3.15. The summed E-state index contributed by atoms with van der Waals surface area (Å²) in [6.07, 6.45) is 8.90. The minimum absolute atomic E-state index is 0.118. The molecular formula is C20H22BrN5O2S. The Labute approximate surface area is 177 Å². The maximum Gasteiger partial charge on any atom is 0.238 e. The summed E-state index contributed by atoms with van der Waals surface area (Å²) in [6.45, 7) is 0.556. The third-order valence-electron chi connectivity index (χ3n) is 6.33. The Hall–Kier alpha value is -1.97. The number of primary sulfonamides is 1. The molecule has 7 nitrogen and oxygen atoms in total. The van der Waals surface area contributed by atoms with Crippen molar-refractivity contribution in [1.29, 1.82) is 0 Å². The number of hydrogen-bond acceptors (Lipinski definition) is 5. The Kier molecular flexibility index (Phi) is 4.45. The Morgan fingerprint density at radius 1 is 1.17 bits per heavy atom. The van der Waals surface area contributed by atoms with Gasteiger partial charge in [0.15, 0.2) is 5.65 Å². The van der Waals surface area contributed by atoms with E-state index in [1.807, 2.05) is 4.52 Å². The van der Waals surface area contributed by atoms with E-state index in [0.717, 1.165) is 34.3 Å². The molecule has 0 radical (unpaired) electrons. The number of nitrogens with zero attached hydrogens (tertiary/aromatic N) is 3. The van der Waals surface area contributed by atoms with Crippen LogP contribution >= 0.6 is 15.9 Å². The van der Waals surface area contributed by atoms with Crippen molar-refractivity contribution in [3.63, 3.8) is 0 Å². The van der Waals surface area contributed by atoms with Gasteiger partial charge < -0.3 is 5.32 Å². The van der Waals surface area contributed by atoms with Crippen LogP contribution < -0.4 is 10.5 Å². The SMILES string of the molecule is NS(=O)(=O)c1ccc(CNc2c3c(nc4c(Br)cnn24)C2(CCCC2)CC3)cc1. The van der Waals surface area contributed by atoms with Crippen LogP contribution in [-0.4, -0.2) is 23.0 Å². The molecule has 1 fully saturated rings. The molecule has 2 aliphatic rings. The van der Waals surface area contributed by atoms with Gasteiger partial charge in [0.1, 0.15) is 5.82 Å². The zero-order valence-electron chi connectivity index (χ0n) is 15.9. The zero-order chi connectivity index (χ0) is 20.2. The number of halogens is 1. The Morgan fingerprint density at radius 3 is 2.59 bits per heavy atom. The van der Waals surface area contributed by atoms with Crippen molar-refractivity contribution in [2.45, 2.75) is 55.4 Å². The topological polar surface area (TPSA) is 102 Å². The van der Waals surface area contributed by atoms with Crippen LogP contribution in [0.5, 0.6) is 0 Å². The molecule has 3 N–H and O–H groups in total. The molecule has 1 aromatic carbocycles.